The van der Waals surface area contributed by atoms with Crippen LogP contribution in [-0.4, -0.2) is 43.4 Å². The second kappa shape index (κ2) is 6.63. The van der Waals surface area contributed by atoms with Crippen LogP contribution in [-0.2, 0) is 11.3 Å². The molecular weight excluding hydrogens is 314 g/mol. The van der Waals surface area contributed by atoms with Gasteiger partial charge in [-0.05, 0) is 31.5 Å². The topological polar surface area (TPSA) is 63.9 Å². The SMILES string of the molecule is Cc1ccnc(C2CCN(C(=O)CCn3cnc4ccccc43)C2)n1. The van der Waals surface area contributed by atoms with Gasteiger partial charge >= 0.3 is 0 Å². The van der Waals surface area contributed by atoms with Gasteiger partial charge in [0.05, 0.1) is 17.4 Å². The highest BCUT2D eigenvalue weighted by Gasteiger charge is 2.28. The van der Waals surface area contributed by atoms with E-state index in [2.05, 4.69) is 15.0 Å². The van der Waals surface area contributed by atoms with Crippen molar-refractivity contribution >= 4 is 16.9 Å². The Hall–Kier alpha value is -2.76. The lowest BCUT2D eigenvalue weighted by Gasteiger charge is -2.16. The number of rotatable bonds is 4. The second-order valence-electron chi connectivity index (χ2n) is 6.56. The monoisotopic (exact) mass is 335 g/mol. The zero-order valence-electron chi connectivity index (χ0n) is 14.3. The molecule has 1 aromatic carbocycles. The summed E-state index contributed by atoms with van der Waals surface area (Å²) in [5, 5.41) is 0. The summed E-state index contributed by atoms with van der Waals surface area (Å²) in [6.45, 7) is 4.12. The fraction of sp³-hybridized carbons (Fsp3) is 0.368. The summed E-state index contributed by atoms with van der Waals surface area (Å²) in [5.74, 6) is 1.29. The van der Waals surface area contributed by atoms with E-state index in [4.69, 9.17) is 0 Å². The third-order valence-electron chi connectivity index (χ3n) is 4.81. The number of aromatic nitrogens is 4. The van der Waals surface area contributed by atoms with E-state index in [0.717, 1.165) is 35.5 Å². The second-order valence-corrected chi connectivity index (χ2v) is 6.56. The third-order valence-corrected chi connectivity index (χ3v) is 4.81. The van der Waals surface area contributed by atoms with Gasteiger partial charge in [0.25, 0.3) is 0 Å². The van der Waals surface area contributed by atoms with Crippen molar-refractivity contribution in [3.63, 3.8) is 0 Å². The highest BCUT2D eigenvalue weighted by molar-refractivity contribution is 5.78. The molecule has 6 nitrogen and oxygen atoms in total. The average molecular weight is 335 g/mol. The van der Waals surface area contributed by atoms with Gasteiger partial charge in [-0.3, -0.25) is 4.79 Å². The van der Waals surface area contributed by atoms with E-state index in [1.165, 1.54) is 0 Å². The van der Waals surface area contributed by atoms with Crippen molar-refractivity contribution in [2.75, 3.05) is 13.1 Å². The van der Waals surface area contributed by atoms with E-state index >= 15 is 0 Å². The van der Waals surface area contributed by atoms with Crippen LogP contribution in [0.25, 0.3) is 11.0 Å². The highest BCUT2D eigenvalue weighted by Crippen LogP contribution is 2.25. The molecular formula is C19H21N5O. The van der Waals surface area contributed by atoms with E-state index in [1.54, 1.807) is 6.20 Å². The third kappa shape index (κ3) is 3.24. The minimum atomic E-state index is 0.188. The van der Waals surface area contributed by atoms with Gasteiger partial charge in [-0.25, -0.2) is 15.0 Å². The maximum atomic E-state index is 12.6. The molecule has 6 heteroatoms. The zero-order valence-corrected chi connectivity index (χ0v) is 14.3. The number of hydrogen-bond donors (Lipinski definition) is 0. The largest absolute Gasteiger partial charge is 0.342 e. The number of carbonyl (C=O) groups is 1. The Morgan fingerprint density at radius 3 is 3.00 bits per heavy atom. The molecule has 4 rings (SSSR count). The number of carbonyl (C=O) groups excluding carboxylic acids is 1. The normalized spacial score (nSPS) is 17.3. The van der Waals surface area contributed by atoms with Crippen LogP contribution in [0.1, 0.15) is 30.3 Å². The first-order chi connectivity index (χ1) is 12.2. The fourth-order valence-electron chi connectivity index (χ4n) is 3.43. The Kier molecular flexibility index (Phi) is 4.17. The van der Waals surface area contributed by atoms with E-state index in [0.29, 0.717) is 19.5 Å². The molecule has 1 unspecified atom stereocenters. The first-order valence-corrected chi connectivity index (χ1v) is 8.68. The van der Waals surface area contributed by atoms with E-state index in [9.17, 15) is 4.79 Å². The summed E-state index contributed by atoms with van der Waals surface area (Å²) in [5.41, 5.74) is 3.01. The quantitative estimate of drug-likeness (QED) is 0.735. The lowest BCUT2D eigenvalue weighted by molar-refractivity contribution is -0.130. The predicted molar refractivity (Wildman–Crippen MR) is 95.1 cm³/mol. The summed E-state index contributed by atoms with van der Waals surface area (Å²) in [7, 11) is 0. The molecule has 1 fully saturated rings. The molecule has 2 aromatic heterocycles. The molecule has 25 heavy (non-hydrogen) atoms. The Balaban J connectivity index is 1.37. The minimum absolute atomic E-state index is 0.188. The molecule has 0 spiro atoms. The number of aryl methyl sites for hydroxylation is 2. The zero-order chi connectivity index (χ0) is 17.2. The molecule has 0 aliphatic carbocycles. The summed E-state index contributed by atoms with van der Waals surface area (Å²) in [6, 6.07) is 9.89. The van der Waals surface area contributed by atoms with E-state index < -0.39 is 0 Å². The Bertz CT molecular complexity index is 903. The van der Waals surface area contributed by atoms with Crippen molar-refractivity contribution in [1.82, 2.24) is 24.4 Å². The van der Waals surface area contributed by atoms with Crippen molar-refractivity contribution in [3.8, 4) is 0 Å². The van der Waals surface area contributed by atoms with Gasteiger partial charge in [0.15, 0.2) is 0 Å². The molecule has 3 aromatic rings. The van der Waals surface area contributed by atoms with Crippen molar-refractivity contribution in [2.45, 2.75) is 32.2 Å². The molecule has 1 saturated heterocycles. The molecule has 0 radical (unpaired) electrons. The van der Waals surface area contributed by atoms with Crippen LogP contribution in [0.15, 0.2) is 42.9 Å². The molecule has 1 aliphatic heterocycles. The standard InChI is InChI=1S/C19H21N5O/c1-14-6-9-20-19(22-14)15-7-10-23(12-15)18(25)8-11-24-13-21-16-4-2-3-5-17(16)24/h2-6,9,13,15H,7-8,10-12H2,1H3. The van der Waals surface area contributed by atoms with Crippen molar-refractivity contribution in [1.29, 1.82) is 0 Å². The molecule has 128 valence electrons. The van der Waals surface area contributed by atoms with Gasteiger partial charge in [-0.1, -0.05) is 12.1 Å². The highest BCUT2D eigenvalue weighted by atomic mass is 16.2. The van der Waals surface area contributed by atoms with Gasteiger partial charge in [0.2, 0.25) is 5.91 Å². The van der Waals surface area contributed by atoms with E-state index in [-0.39, 0.29) is 11.8 Å². The lowest BCUT2D eigenvalue weighted by atomic mass is 10.1. The number of amides is 1. The first-order valence-electron chi connectivity index (χ1n) is 8.68. The minimum Gasteiger partial charge on any atom is -0.342 e. The summed E-state index contributed by atoms with van der Waals surface area (Å²) in [4.78, 5) is 27.8. The summed E-state index contributed by atoms with van der Waals surface area (Å²) >= 11 is 0. The number of hydrogen-bond acceptors (Lipinski definition) is 4. The summed E-state index contributed by atoms with van der Waals surface area (Å²) in [6.07, 6.45) is 5.03. The number of nitrogens with zero attached hydrogens (tertiary/aromatic N) is 5. The van der Waals surface area contributed by atoms with Gasteiger partial charge < -0.3 is 9.47 Å². The summed E-state index contributed by atoms with van der Waals surface area (Å²) < 4.78 is 2.05. The van der Waals surface area contributed by atoms with Gasteiger partial charge in [0, 0.05) is 43.9 Å². The smallest absolute Gasteiger partial charge is 0.224 e. The predicted octanol–water partition coefficient (Wildman–Crippen LogP) is 2.54. The van der Waals surface area contributed by atoms with Crippen LogP contribution in [0.4, 0.5) is 0 Å². The van der Waals surface area contributed by atoms with Crippen LogP contribution in [0.2, 0.25) is 0 Å². The van der Waals surface area contributed by atoms with Crippen molar-refractivity contribution < 1.29 is 4.79 Å². The molecule has 3 heterocycles. The van der Waals surface area contributed by atoms with Crippen molar-refractivity contribution in [2.24, 2.45) is 0 Å². The maximum Gasteiger partial charge on any atom is 0.224 e. The Morgan fingerprint density at radius 1 is 1.24 bits per heavy atom. The number of imidazole rings is 1. The van der Waals surface area contributed by atoms with Crippen LogP contribution >= 0.6 is 0 Å². The average Bonchev–Trinajstić information content (AvgIpc) is 3.27. The van der Waals surface area contributed by atoms with Crippen LogP contribution in [0, 0.1) is 6.92 Å². The molecule has 1 atom stereocenters. The molecule has 0 N–H and O–H groups in total. The molecule has 0 bridgehead atoms. The number of fused-ring (bicyclic) bond motifs is 1. The van der Waals surface area contributed by atoms with Gasteiger partial charge in [-0.2, -0.15) is 0 Å². The molecule has 1 aliphatic rings. The molecule has 0 saturated carbocycles. The maximum absolute atomic E-state index is 12.6. The number of para-hydroxylation sites is 2. The first kappa shape index (κ1) is 15.7. The Morgan fingerprint density at radius 2 is 2.12 bits per heavy atom. The Labute approximate surface area is 146 Å². The number of benzene rings is 1. The van der Waals surface area contributed by atoms with Crippen LogP contribution < -0.4 is 0 Å². The van der Waals surface area contributed by atoms with Crippen LogP contribution in [0.5, 0.6) is 0 Å². The van der Waals surface area contributed by atoms with Gasteiger partial charge in [0.1, 0.15) is 5.82 Å². The van der Waals surface area contributed by atoms with Gasteiger partial charge in [-0.15, -0.1) is 0 Å². The van der Waals surface area contributed by atoms with Crippen molar-refractivity contribution in [3.05, 3.63) is 54.4 Å². The molecule has 1 amide bonds. The fourth-order valence-corrected chi connectivity index (χ4v) is 3.43. The van der Waals surface area contributed by atoms with E-state index in [1.807, 2.05) is 53.0 Å². The lowest BCUT2D eigenvalue weighted by Crippen LogP contribution is -2.29. The number of likely N-dealkylation sites (tertiary alicyclic amines) is 1. The van der Waals surface area contributed by atoms with Crippen LogP contribution in [0.3, 0.4) is 0 Å².